The molecule has 218 valence electrons. The monoisotopic (exact) mass is 554 g/mol. The largest absolute Gasteiger partial charge is 0.381 e. The highest BCUT2D eigenvalue weighted by Gasteiger charge is 2.10. The maximum Gasteiger partial charge on any atom is 0.138 e. The van der Waals surface area contributed by atoms with Crippen LogP contribution in [-0.4, -0.2) is 64.7 Å². The first-order valence-electron chi connectivity index (χ1n) is 15.0. The van der Waals surface area contributed by atoms with E-state index in [4.69, 9.17) is 20.4 Å². The van der Waals surface area contributed by atoms with Crippen molar-refractivity contribution in [1.29, 1.82) is 0 Å². The third-order valence-electron chi connectivity index (χ3n) is 7.08. The van der Waals surface area contributed by atoms with E-state index in [0.29, 0.717) is 6.54 Å². The number of aromatic nitrogens is 4. The molecule has 7 heteroatoms. The highest BCUT2D eigenvalue weighted by molar-refractivity contribution is 5.86. The SMILES string of the molecule is CCCN(C)CCC.Cc1ccc2nc(-c3ccc4nc(-c5ccc(CCCOCCCN)cc5)[nH]c4c3)[nH]c2c1. The Hall–Kier alpha value is -3.52. The molecule has 0 aliphatic heterocycles. The van der Waals surface area contributed by atoms with Crippen molar-refractivity contribution in [3.05, 3.63) is 71.8 Å². The minimum Gasteiger partial charge on any atom is -0.381 e. The Bertz CT molecular complexity index is 1480. The van der Waals surface area contributed by atoms with E-state index in [0.717, 1.165) is 77.3 Å². The molecule has 0 atom stereocenters. The fraction of sp³-hybridized carbons (Fsp3) is 0.412. The maximum atomic E-state index is 5.58. The predicted molar refractivity (Wildman–Crippen MR) is 172 cm³/mol. The lowest BCUT2D eigenvalue weighted by Crippen LogP contribution is -2.19. The number of ether oxygens (including phenoxy) is 1. The number of fused-ring (bicyclic) bond motifs is 2. The smallest absolute Gasteiger partial charge is 0.138 e. The molecular formula is C34H46N6O. The van der Waals surface area contributed by atoms with E-state index in [1.54, 1.807) is 0 Å². The first-order chi connectivity index (χ1) is 20.0. The van der Waals surface area contributed by atoms with Gasteiger partial charge in [0.25, 0.3) is 0 Å². The number of H-pyrrole nitrogens is 2. The van der Waals surface area contributed by atoms with Gasteiger partial charge in [0.2, 0.25) is 0 Å². The molecule has 3 aromatic carbocycles. The van der Waals surface area contributed by atoms with Gasteiger partial charge in [-0.25, -0.2) is 9.97 Å². The van der Waals surface area contributed by atoms with E-state index in [-0.39, 0.29) is 0 Å². The summed E-state index contributed by atoms with van der Waals surface area (Å²) < 4.78 is 5.58. The quantitative estimate of drug-likeness (QED) is 0.135. The normalized spacial score (nSPS) is 11.4. The van der Waals surface area contributed by atoms with Crippen LogP contribution in [0, 0.1) is 6.92 Å². The second kappa shape index (κ2) is 15.5. The third kappa shape index (κ3) is 8.73. The number of hydrogen-bond donors (Lipinski definition) is 3. The van der Waals surface area contributed by atoms with E-state index < -0.39 is 0 Å². The van der Waals surface area contributed by atoms with Crippen molar-refractivity contribution in [2.75, 3.05) is 39.9 Å². The third-order valence-corrected chi connectivity index (χ3v) is 7.08. The van der Waals surface area contributed by atoms with Crippen LogP contribution >= 0.6 is 0 Å². The number of aryl methyl sites for hydroxylation is 2. The Morgan fingerprint density at radius 1 is 0.756 bits per heavy atom. The molecule has 2 heterocycles. The van der Waals surface area contributed by atoms with Gasteiger partial charge in [-0.1, -0.05) is 44.2 Å². The van der Waals surface area contributed by atoms with Crippen LogP contribution in [0.15, 0.2) is 60.7 Å². The summed E-state index contributed by atoms with van der Waals surface area (Å²) in [5.41, 5.74) is 14.1. The Labute approximate surface area is 244 Å². The molecule has 2 aromatic heterocycles. The van der Waals surface area contributed by atoms with Crippen LogP contribution in [0.4, 0.5) is 0 Å². The second-order valence-corrected chi connectivity index (χ2v) is 10.8. The van der Waals surface area contributed by atoms with Crippen LogP contribution in [0.3, 0.4) is 0 Å². The fourth-order valence-corrected chi connectivity index (χ4v) is 4.92. The standard InChI is InChI=1S/C27H29N5O.C7H17N/c1-18-5-11-22-24(16-18)31-27(30-22)21-10-12-23-25(17-21)32-26(29-23)20-8-6-19(7-9-20)4-2-14-33-15-3-13-28;1-4-6-8(3)7-5-2/h5-12,16-17H,2-4,13-15,28H2,1H3,(H,29,32)(H,30,31);4-7H2,1-3H3. The average Bonchev–Trinajstić information content (AvgIpc) is 3.59. The summed E-state index contributed by atoms with van der Waals surface area (Å²) in [6.07, 6.45) is 5.49. The van der Waals surface area contributed by atoms with E-state index in [1.165, 1.54) is 37.1 Å². The van der Waals surface area contributed by atoms with Gasteiger partial charge < -0.3 is 25.3 Å². The van der Waals surface area contributed by atoms with Gasteiger partial charge >= 0.3 is 0 Å². The van der Waals surface area contributed by atoms with Gasteiger partial charge in [0.05, 0.1) is 22.1 Å². The lowest BCUT2D eigenvalue weighted by molar-refractivity contribution is 0.131. The molecule has 4 N–H and O–H groups in total. The first-order valence-corrected chi connectivity index (χ1v) is 15.0. The molecule has 5 aromatic rings. The molecule has 5 rings (SSSR count). The molecule has 0 fully saturated rings. The van der Waals surface area contributed by atoms with Crippen molar-refractivity contribution in [2.24, 2.45) is 5.73 Å². The van der Waals surface area contributed by atoms with Crippen LogP contribution in [0.2, 0.25) is 0 Å². The number of nitrogens with zero attached hydrogens (tertiary/aromatic N) is 3. The zero-order valence-corrected chi connectivity index (χ0v) is 25.2. The number of hydrogen-bond acceptors (Lipinski definition) is 5. The summed E-state index contributed by atoms with van der Waals surface area (Å²) in [5.74, 6) is 1.74. The van der Waals surface area contributed by atoms with Crippen LogP contribution in [0.1, 0.15) is 50.7 Å². The van der Waals surface area contributed by atoms with E-state index in [1.807, 2.05) is 6.07 Å². The Balaban J connectivity index is 0.000000426. The van der Waals surface area contributed by atoms with Gasteiger partial charge in [-0.15, -0.1) is 0 Å². The van der Waals surface area contributed by atoms with Gasteiger partial charge in [0, 0.05) is 24.3 Å². The molecule has 0 amide bonds. The predicted octanol–water partition coefficient (Wildman–Crippen LogP) is 7.12. The molecule has 0 bridgehead atoms. The molecule has 0 aliphatic rings. The van der Waals surface area contributed by atoms with Crippen molar-refractivity contribution < 1.29 is 4.74 Å². The summed E-state index contributed by atoms with van der Waals surface area (Å²) in [6, 6.07) is 21.1. The molecule has 0 radical (unpaired) electrons. The average molecular weight is 555 g/mol. The lowest BCUT2D eigenvalue weighted by Gasteiger charge is -2.12. The number of imidazole rings is 2. The van der Waals surface area contributed by atoms with E-state index in [2.05, 4.69) is 97.3 Å². The first kappa shape index (κ1) is 30.4. The molecule has 0 spiro atoms. The number of rotatable bonds is 13. The molecule has 7 nitrogen and oxygen atoms in total. The van der Waals surface area contributed by atoms with Crippen molar-refractivity contribution in [2.45, 2.75) is 52.9 Å². The van der Waals surface area contributed by atoms with Crippen LogP contribution in [0.25, 0.3) is 44.8 Å². The lowest BCUT2D eigenvalue weighted by atomic mass is 10.1. The van der Waals surface area contributed by atoms with Crippen LogP contribution < -0.4 is 5.73 Å². The molecule has 0 aliphatic carbocycles. The van der Waals surface area contributed by atoms with Gasteiger partial charge in [0.1, 0.15) is 11.6 Å². The van der Waals surface area contributed by atoms with Crippen molar-refractivity contribution >= 4 is 22.1 Å². The van der Waals surface area contributed by atoms with Gasteiger partial charge in [0.15, 0.2) is 0 Å². The highest BCUT2D eigenvalue weighted by Crippen LogP contribution is 2.27. The highest BCUT2D eigenvalue weighted by atomic mass is 16.5. The molecule has 0 unspecified atom stereocenters. The van der Waals surface area contributed by atoms with Crippen molar-refractivity contribution in [3.63, 3.8) is 0 Å². The fourth-order valence-electron chi connectivity index (χ4n) is 4.92. The molecule has 0 saturated heterocycles. The summed E-state index contributed by atoms with van der Waals surface area (Å²) in [4.78, 5) is 18.8. The number of nitrogens with one attached hydrogen (secondary N) is 2. The molecule has 41 heavy (non-hydrogen) atoms. The summed E-state index contributed by atoms with van der Waals surface area (Å²) >= 11 is 0. The Morgan fingerprint density at radius 3 is 2.00 bits per heavy atom. The van der Waals surface area contributed by atoms with Gasteiger partial charge in [-0.3, -0.25) is 0 Å². The minimum atomic E-state index is 0.685. The Kier molecular flexibility index (Phi) is 11.5. The molecule has 0 saturated carbocycles. The van der Waals surface area contributed by atoms with Gasteiger partial charge in [-0.05, 0) is 107 Å². The maximum absolute atomic E-state index is 5.58. The zero-order chi connectivity index (χ0) is 29.0. The Morgan fingerprint density at radius 2 is 1.34 bits per heavy atom. The topological polar surface area (TPSA) is 95.8 Å². The van der Waals surface area contributed by atoms with E-state index >= 15 is 0 Å². The zero-order valence-electron chi connectivity index (χ0n) is 25.2. The van der Waals surface area contributed by atoms with Crippen molar-refractivity contribution in [3.8, 4) is 22.8 Å². The summed E-state index contributed by atoms with van der Waals surface area (Å²) in [5, 5.41) is 0. The minimum absolute atomic E-state index is 0.685. The van der Waals surface area contributed by atoms with E-state index in [9.17, 15) is 0 Å². The number of benzene rings is 3. The van der Waals surface area contributed by atoms with Crippen LogP contribution in [0.5, 0.6) is 0 Å². The number of nitrogens with two attached hydrogens (primary N) is 1. The second-order valence-electron chi connectivity index (χ2n) is 10.8. The molecular weight excluding hydrogens is 508 g/mol. The summed E-state index contributed by atoms with van der Waals surface area (Å²) in [6.45, 7) is 11.2. The summed E-state index contributed by atoms with van der Waals surface area (Å²) in [7, 11) is 2.17. The van der Waals surface area contributed by atoms with Gasteiger partial charge in [-0.2, -0.15) is 0 Å². The van der Waals surface area contributed by atoms with Crippen LogP contribution in [-0.2, 0) is 11.2 Å². The number of aromatic amines is 2. The van der Waals surface area contributed by atoms with Crippen molar-refractivity contribution in [1.82, 2.24) is 24.8 Å².